The van der Waals surface area contributed by atoms with Crippen molar-refractivity contribution in [1.29, 1.82) is 0 Å². The predicted molar refractivity (Wildman–Crippen MR) is 74.4 cm³/mol. The maximum absolute atomic E-state index is 6.13. The Morgan fingerprint density at radius 2 is 1.82 bits per heavy atom. The Kier molecular flexibility index (Phi) is 7.87. The second kappa shape index (κ2) is 8.93. The molecule has 1 N–H and O–H groups in total. The molecule has 2 nitrogen and oxygen atoms in total. The third-order valence-electron chi connectivity index (χ3n) is 3.50. The minimum Gasteiger partial charge on any atom is -0.376 e. The first-order chi connectivity index (χ1) is 8.24. The number of hydrogen-bond acceptors (Lipinski definition) is 2. The topological polar surface area (TPSA) is 21.3 Å². The Hall–Kier alpha value is -0.0800. The number of rotatable bonds is 6. The summed E-state index contributed by atoms with van der Waals surface area (Å²) in [4.78, 5) is 0. The Bertz CT molecular complexity index is 180. The predicted octanol–water partition coefficient (Wildman–Crippen LogP) is 3.75. The molecule has 0 aromatic rings. The van der Waals surface area contributed by atoms with Crippen molar-refractivity contribution in [2.45, 2.75) is 77.9 Å². The van der Waals surface area contributed by atoms with Gasteiger partial charge in [0.1, 0.15) is 0 Å². The third kappa shape index (κ3) is 6.42. The van der Waals surface area contributed by atoms with E-state index in [9.17, 15) is 0 Å². The first-order valence-electron chi connectivity index (χ1n) is 7.59. The quantitative estimate of drug-likeness (QED) is 0.764. The van der Waals surface area contributed by atoms with Gasteiger partial charge in [0.25, 0.3) is 0 Å². The summed E-state index contributed by atoms with van der Waals surface area (Å²) >= 11 is 0. The molecule has 0 saturated heterocycles. The zero-order valence-electron chi connectivity index (χ0n) is 12.0. The molecule has 0 aromatic carbocycles. The summed E-state index contributed by atoms with van der Waals surface area (Å²) in [7, 11) is 0. The van der Waals surface area contributed by atoms with Gasteiger partial charge >= 0.3 is 0 Å². The third-order valence-corrected chi connectivity index (χ3v) is 3.50. The lowest BCUT2D eigenvalue weighted by Crippen LogP contribution is -2.42. The second-order valence-corrected chi connectivity index (χ2v) is 5.82. The lowest BCUT2D eigenvalue weighted by Gasteiger charge is -2.31. The monoisotopic (exact) mass is 241 g/mol. The van der Waals surface area contributed by atoms with Crippen LogP contribution in [0.2, 0.25) is 0 Å². The van der Waals surface area contributed by atoms with Crippen LogP contribution in [-0.4, -0.2) is 25.3 Å². The zero-order chi connectivity index (χ0) is 12.5. The van der Waals surface area contributed by atoms with E-state index in [0.29, 0.717) is 18.1 Å². The molecular formula is C15H31NO. The largest absolute Gasteiger partial charge is 0.376 e. The maximum Gasteiger partial charge on any atom is 0.0728 e. The van der Waals surface area contributed by atoms with Crippen LogP contribution in [0.3, 0.4) is 0 Å². The van der Waals surface area contributed by atoms with E-state index in [1.54, 1.807) is 0 Å². The van der Waals surface area contributed by atoms with Crippen LogP contribution >= 0.6 is 0 Å². The van der Waals surface area contributed by atoms with E-state index in [4.69, 9.17) is 4.74 Å². The molecule has 0 spiro atoms. The van der Waals surface area contributed by atoms with Crippen molar-refractivity contribution in [1.82, 2.24) is 5.32 Å². The van der Waals surface area contributed by atoms with Gasteiger partial charge in [-0.3, -0.25) is 0 Å². The fourth-order valence-corrected chi connectivity index (χ4v) is 2.53. The van der Waals surface area contributed by atoms with E-state index in [1.807, 2.05) is 0 Å². The number of nitrogens with one attached hydrogen (secondary N) is 1. The molecule has 0 aliphatic heterocycles. The van der Waals surface area contributed by atoms with Crippen molar-refractivity contribution in [3.8, 4) is 0 Å². The van der Waals surface area contributed by atoms with Crippen molar-refractivity contribution in [3.05, 3.63) is 0 Å². The van der Waals surface area contributed by atoms with Crippen molar-refractivity contribution < 1.29 is 4.74 Å². The molecule has 1 rings (SSSR count). The molecule has 102 valence electrons. The summed E-state index contributed by atoms with van der Waals surface area (Å²) in [6, 6.07) is 0.592. The minimum absolute atomic E-state index is 0.448. The first kappa shape index (κ1) is 15.0. The molecule has 1 saturated carbocycles. The molecular weight excluding hydrogens is 210 g/mol. The first-order valence-corrected chi connectivity index (χ1v) is 7.59. The van der Waals surface area contributed by atoms with Crippen LogP contribution in [0.1, 0.15) is 65.7 Å². The molecule has 0 radical (unpaired) electrons. The standard InChI is InChI=1S/C15H31NO/c1-4-11-16-14-9-7-5-6-8-10-15(14)17-12-13(2)3/h13-16H,4-12H2,1-3H3. The molecule has 1 aliphatic carbocycles. The van der Waals surface area contributed by atoms with Gasteiger partial charge in [-0.05, 0) is 31.7 Å². The average Bonchev–Trinajstić information content (AvgIpc) is 2.27. The second-order valence-electron chi connectivity index (χ2n) is 5.82. The van der Waals surface area contributed by atoms with Gasteiger partial charge in [0, 0.05) is 12.6 Å². The Balaban J connectivity index is 2.42. The van der Waals surface area contributed by atoms with Gasteiger partial charge in [0.05, 0.1) is 6.10 Å². The van der Waals surface area contributed by atoms with Crippen LogP contribution in [0.15, 0.2) is 0 Å². The van der Waals surface area contributed by atoms with Crippen LogP contribution in [0, 0.1) is 5.92 Å². The highest BCUT2D eigenvalue weighted by Gasteiger charge is 2.22. The normalized spacial score (nSPS) is 26.8. The zero-order valence-corrected chi connectivity index (χ0v) is 12.0. The van der Waals surface area contributed by atoms with E-state index in [0.717, 1.165) is 13.2 Å². The Labute approximate surface area is 108 Å². The molecule has 17 heavy (non-hydrogen) atoms. The molecule has 2 atom stereocenters. The summed E-state index contributed by atoms with van der Waals surface area (Å²) in [6.07, 6.45) is 9.70. The van der Waals surface area contributed by atoms with Gasteiger partial charge in [0.2, 0.25) is 0 Å². The summed E-state index contributed by atoms with van der Waals surface area (Å²) in [5.41, 5.74) is 0. The van der Waals surface area contributed by atoms with Gasteiger partial charge in [-0.25, -0.2) is 0 Å². The fraction of sp³-hybridized carbons (Fsp3) is 1.00. The molecule has 2 heteroatoms. The lowest BCUT2D eigenvalue weighted by atomic mass is 9.94. The van der Waals surface area contributed by atoms with Crippen LogP contribution in [-0.2, 0) is 4.74 Å². The lowest BCUT2D eigenvalue weighted by molar-refractivity contribution is 0.000137. The van der Waals surface area contributed by atoms with E-state index < -0.39 is 0 Å². The molecule has 0 amide bonds. The SMILES string of the molecule is CCCNC1CCCCCCC1OCC(C)C. The fourth-order valence-electron chi connectivity index (χ4n) is 2.53. The summed E-state index contributed by atoms with van der Waals surface area (Å²) in [6.45, 7) is 8.75. The van der Waals surface area contributed by atoms with Crippen LogP contribution < -0.4 is 5.32 Å². The highest BCUT2D eigenvalue weighted by atomic mass is 16.5. The van der Waals surface area contributed by atoms with Crippen molar-refractivity contribution in [2.75, 3.05) is 13.2 Å². The average molecular weight is 241 g/mol. The number of hydrogen-bond donors (Lipinski definition) is 1. The molecule has 0 aromatic heterocycles. The highest BCUT2D eigenvalue weighted by Crippen LogP contribution is 2.20. The van der Waals surface area contributed by atoms with E-state index in [-0.39, 0.29) is 0 Å². The van der Waals surface area contributed by atoms with Crippen LogP contribution in [0.25, 0.3) is 0 Å². The summed E-state index contributed by atoms with van der Waals surface area (Å²) < 4.78 is 6.13. The maximum atomic E-state index is 6.13. The van der Waals surface area contributed by atoms with Crippen LogP contribution in [0.4, 0.5) is 0 Å². The number of ether oxygens (including phenoxy) is 1. The van der Waals surface area contributed by atoms with Gasteiger partial charge in [0.15, 0.2) is 0 Å². The molecule has 0 bridgehead atoms. The Morgan fingerprint density at radius 1 is 1.12 bits per heavy atom. The van der Waals surface area contributed by atoms with Gasteiger partial charge in [-0.1, -0.05) is 46.5 Å². The van der Waals surface area contributed by atoms with Crippen molar-refractivity contribution in [3.63, 3.8) is 0 Å². The molecule has 2 unspecified atom stereocenters. The summed E-state index contributed by atoms with van der Waals surface area (Å²) in [5.74, 6) is 0.646. The van der Waals surface area contributed by atoms with E-state index >= 15 is 0 Å². The molecule has 0 heterocycles. The van der Waals surface area contributed by atoms with Gasteiger partial charge < -0.3 is 10.1 Å². The van der Waals surface area contributed by atoms with E-state index in [2.05, 4.69) is 26.1 Å². The summed E-state index contributed by atoms with van der Waals surface area (Å²) in [5, 5.41) is 3.69. The van der Waals surface area contributed by atoms with Gasteiger partial charge in [-0.15, -0.1) is 0 Å². The minimum atomic E-state index is 0.448. The molecule has 1 fully saturated rings. The van der Waals surface area contributed by atoms with Crippen molar-refractivity contribution >= 4 is 0 Å². The van der Waals surface area contributed by atoms with E-state index in [1.165, 1.54) is 44.9 Å². The Morgan fingerprint density at radius 3 is 2.47 bits per heavy atom. The molecule has 1 aliphatic rings. The van der Waals surface area contributed by atoms with Crippen molar-refractivity contribution in [2.24, 2.45) is 5.92 Å². The van der Waals surface area contributed by atoms with Crippen LogP contribution in [0.5, 0.6) is 0 Å². The smallest absolute Gasteiger partial charge is 0.0728 e. The highest BCUT2D eigenvalue weighted by molar-refractivity contribution is 4.79. The van der Waals surface area contributed by atoms with Gasteiger partial charge in [-0.2, -0.15) is 0 Å².